The van der Waals surface area contributed by atoms with Gasteiger partial charge >= 0.3 is 0 Å². The molecule has 0 radical (unpaired) electrons. The molecule has 0 aliphatic carbocycles. The first kappa shape index (κ1) is 16.5. The summed E-state index contributed by atoms with van der Waals surface area (Å²) in [5, 5.41) is 3.37. The summed E-state index contributed by atoms with van der Waals surface area (Å²) in [6, 6.07) is 4.35. The highest BCUT2D eigenvalue weighted by atomic mass is 15.2. The van der Waals surface area contributed by atoms with Crippen LogP contribution in [0.2, 0.25) is 0 Å². The first-order valence-electron chi connectivity index (χ1n) is 7.52. The van der Waals surface area contributed by atoms with E-state index in [1.807, 2.05) is 0 Å². The first-order valence-corrected chi connectivity index (χ1v) is 7.52. The summed E-state index contributed by atoms with van der Waals surface area (Å²) in [6.45, 7) is 12.0. The van der Waals surface area contributed by atoms with Crippen molar-refractivity contribution >= 4 is 5.82 Å². The molecule has 0 atom stereocenters. The average molecular weight is 273 g/mol. The van der Waals surface area contributed by atoms with Crippen LogP contribution in [0.1, 0.15) is 51.3 Å². The molecule has 1 N–H and O–H groups in total. The maximum atomic E-state index is 5.48. The second-order valence-electron chi connectivity index (χ2n) is 5.32. The lowest BCUT2D eigenvalue weighted by Gasteiger charge is -2.23. The number of rotatable bonds is 8. The molecule has 0 aliphatic heterocycles. The quantitative estimate of drug-likeness (QED) is 0.737. The predicted molar refractivity (Wildman–Crippen MR) is 87.0 cm³/mol. The first-order chi connectivity index (χ1) is 9.62. The molecule has 3 heteroatoms. The maximum absolute atomic E-state index is 5.48. The van der Waals surface area contributed by atoms with Crippen molar-refractivity contribution in [3.05, 3.63) is 23.4 Å². The van der Waals surface area contributed by atoms with E-state index < -0.39 is 0 Å². The monoisotopic (exact) mass is 273 g/mol. The number of pyridine rings is 1. The summed E-state index contributed by atoms with van der Waals surface area (Å²) in [4.78, 5) is 6.96. The smallest absolute Gasteiger partial charge is 0.129 e. The lowest BCUT2D eigenvalue weighted by molar-refractivity contribution is 0.716. The van der Waals surface area contributed by atoms with Crippen molar-refractivity contribution in [3.8, 4) is 12.3 Å². The highest BCUT2D eigenvalue weighted by Gasteiger charge is 2.11. The zero-order valence-electron chi connectivity index (χ0n) is 13.2. The number of aromatic nitrogens is 1. The standard InChI is InChI=1S/C17H27N3/c1-6-9-20(10-7-2)17-12-15(13-18-8-3)11-16(19-17)14(4)5/h1,11-12,14,18H,7-10,13H2,2-5H3. The second kappa shape index (κ2) is 8.60. The third-order valence-corrected chi connectivity index (χ3v) is 3.16. The molecule has 0 fully saturated rings. The Bertz CT molecular complexity index is 446. The highest BCUT2D eigenvalue weighted by Crippen LogP contribution is 2.20. The topological polar surface area (TPSA) is 28.2 Å². The van der Waals surface area contributed by atoms with E-state index in [2.05, 4.69) is 56.0 Å². The molecule has 0 aromatic carbocycles. The van der Waals surface area contributed by atoms with Gasteiger partial charge in [0, 0.05) is 18.8 Å². The largest absolute Gasteiger partial charge is 0.345 e. The van der Waals surface area contributed by atoms with Crippen LogP contribution in [0, 0.1) is 12.3 Å². The lowest BCUT2D eigenvalue weighted by Crippen LogP contribution is -2.26. The van der Waals surface area contributed by atoms with Crippen LogP contribution in [0.25, 0.3) is 0 Å². The third-order valence-electron chi connectivity index (χ3n) is 3.16. The van der Waals surface area contributed by atoms with Crippen molar-refractivity contribution in [1.82, 2.24) is 10.3 Å². The Morgan fingerprint density at radius 1 is 1.35 bits per heavy atom. The van der Waals surface area contributed by atoms with Crippen molar-refractivity contribution in [2.45, 2.75) is 46.6 Å². The molecule has 0 unspecified atom stereocenters. The van der Waals surface area contributed by atoms with Crippen molar-refractivity contribution in [3.63, 3.8) is 0 Å². The minimum atomic E-state index is 0.421. The number of hydrogen-bond donors (Lipinski definition) is 1. The van der Waals surface area contributed by atoms with E-state index in [0.29, 0.717) is 12.5 Å². The van der Waals surface area contributed by atoms with E-state index in [9.17, 15) is 0 Å². The number of hydrogen-bond acceptors (Lipinski definition) is 3. The van der Waals surface area contributed by atoms with Crippen LogP contribution in [-0.4, -0.2) is 24.6 Å². The fraction of sp³-hybridized carbons (Fsp3) is 0.588. The Labute approximate surface area is 123 Å². The van der Waals surface area contributed by atoms with Crippen LogP contribution in [0.5, 0.6) is 0 Å². The summed E-state index contributed by atoms with van der Waals surface area (Å²) < 4.78 is 0. The van der Waals surface area contributed by atoms with E-state index in [1.54, 1.807) is 0 Å². The number of nitrogens with one attached hydrogen (secondary N) is 1. The molecule has 20 heavy (non-hydrogen) atoms. The highest BCUT2D eigenvalue weighted by molar-refractivity contribution is 5.44. The van der Waals surface area contributed by atoms with E-state index in [0.717, 1.165) is 37.6 Å². The van der Waals surface area contributed by atoms with E-state index in [1.165, 1.54) is 5.56 Å². The summed E-state index contributed by atoms with van der Waals surface area (Å²) in [5.41, 5.74) is 2.41. The maximum Gasteiger partial charge on any atom is 0.129 e. The van der Waals surface area contributed by atoms with Crippen LogP contribution < -0.4 is 10.2 Å². The number of terminal acetylenes is 1. The fourth-order valence-corrected chi connectivity index (χ4v) is 2.08. The molecular formula is C17H27N3. The molecule has 1 heterocycles. The molecule has 0 amide bonds. The molecule has 1 rings (SSSR count). The van der Waals surface area contributed by atoms with Crippen molar-refractivity contribution in [1.29, 1.82) is 0 Å². The molecule has 1 aromatic heterocycles. The number of anilines is 1. The minimum Gasteiger partial charge on any atom is -0.345 e. The van der Waals surface area contributed by atoms with Crippen LogP contribution in [0.3, 0.4) is 0 Å². The van der Waals surface area contributed by atoms with Crippen molar-refractivity contribution in [2.75, 3.05) is 24.5 Å². The van der Waals surface area contributed by atoms with Crippen molar-refractivity contribution in [2.24, 2.45) is 0 Å². The molecular weight excluding hydrogens is 246 g/mol. The SMILES string of the molecule is C#CCN(CCC)c1cc(CNCC)cc(C(C)C)n1. The Morgan fingerprint density at radius 2 is 2.10 bits per heavy atom. The fourth-order valence-electron chi connectivity index (χ4n) is 2.08. The van der Waals surface area contributed by atoms with Gasteiger partial charge in [-0.05, 0) is 36.6 Å². The van der Waals surface area contributed by atoms with Gasteiger partial charge in [-0.3, -0.25) is 0 Å². The molecule has 1 aromatic rings. The summed E-state index contributed by atoms with van der Waals surface area (Å²) in [7, 11) is 0. The molecule has 3 nitrogen and oxygen atoms in total. The second-order valence-corrected chi connectivity index (χ2v) is 5.32. The molecule has 0 saturated heterocycles. The van der Waals surface area contributed by atoms with Gasteiger partial charge in [0.25, 0.3) is 0 Å². The van der Waals surface area contributed by atoms with Gasteiger partial charge in [-0.15, -0.1) is 6.42 Å². The lowest BCUT2D eigenvalue weighted by atomic mass is 10.1. The van der Waals surface area contributed by atoms with Gasteiger partial charge in [-0.25, -0.2) is 4.98 Å². The predicted octanol–water partition coefficient (Wildman–Crippen LogP) is 3.16. The summed E-state index contributed by atoms with van der Waals surface area (Å²) in [5.74, 6) is 4.16. The Balaban J connectivity index is 3.08. The number of nitrogens with zero attached hydrogens (tertiary/aromatic N) is 2. The third kappa shape index (κ3) is 4.86. The van der Waals surface area contributed by atoms with E-state index in [-0.39, 0.29) is 0 Å². The van der Waals surface area contributed by atoms with Gasteiger partial charge < -0.3 is 10.2 Å². The molecule has 0 saturated carbocycles. The van der Waals surface area contributed by atoms with Gasteiger partial charge in [-0.2, -0.15) is 0 Å². The van der Waals surface area contributed by atoms with Crippen LogP contribution in [0.4, 0.5) is 5.82 Å². The average Bonchev–Trinajstić information content (AvgIpc) is 2.44. The van der Waals surface area contributed by atoms with Gasteiger partial charge in [0.15, 0.2) is 0 Å². The molecule has 0 aliphatic rings. The Morgan fingerprint density at radius 3 is 2.65 bits per heavy atom. The van der Waals surface area contributed by atoms with Gasteiger partial charge in [0.1, 0.15) is 5.82 Å². The van der Waals surface area contributed by atoms with Gasteiger partial charge in [0.05, 0.1) is 6.54 Å². The zero-order valence-corrected chi connectivity index (χ0v) is 13.2. The zero-order chi connectivity index (χ0) is 15.0. The summed E-state index contributed by atoms with van der Waals surface area (Å²) in [6.07, 6.45) is 6.55. The van der Waals surface area contributed by atoms with Crippen LogP contribution in [-0.2, 0) is 6.54 Å². The van der Waals surface area contributed by atoms with Gasteiger partial charge in [0.2, 0.25) is 0 Å². The molecule has 110 valence electrons. The minimum absolute atomic E-state index is 0.421. The van der Waals surface area contributed by atoms with Crippen molar-refractivity contribution < 1.29 is 0 Å². The van der Waals surface area contributed by atoms with E-state index in [4.69, 9.17) is 11.4 Å². The summed E-state index contributed by atoms with van der Waals surface area (Å²) >= 11 is 0. The normalized spacial score (nSPS) is 10.6. The Kier molecular flexibility index (Phi) is 7.11. The van der Waals surface area contributed by atoms with Crippen LogP contribution >= 0.6 is 0 Å². The van der Waals surface area contributed by atoms with Gasteiger partial charge in [-0.1, -0.05) is 33.6 Å². The van der Waals surface area contributed by atoms with Crippen LogP contribution in [0.15, 0.2) is 12.1 Å². The molecule has 0 bridgehead atoms. The molecule has 0 spiro atoms. The Hall–Kier alpha value is -1.53. The van der Waals surface area contributed by atoms with E-state index >= 15 is 0 Å².